The highest BCUT2D eigenvalue weighted by atomic mass is 16.6. The van der Waals surface area contributed by atoms with Crippen LogP contribution in [0.4, 0.5) is 10.5 Å². The second-order valence-electron chi connectivity index (χ2n) is 4.04. The van der Waals surface area contributed by atoms with Gasteiger partial charge in [0.05, 0.1) is 12.8 Å². The summed E-state index contributed by atoms with van der Waals surface area (Å²) in [5.74, 6) is 0.703. The number of ether oxygens (including phenoxy) is 2. The second kappa shape index (κ2) is 7.04. The van der Waals surface area contributed by atoms with E-state index < -0.39 is 6.09 Å². The zero-order valence-corrected chi connectivity index (χ0v) is 11.1. The van der Waals surface area contributed by atoms with Gasteiger partial charge in [0.15, 0.2) is 0 Å². The maximum absolute atomic E-state index is 11.5. The Morgan fingerprint density at radius 3 is 2.65 bits per heavy atom. The number of rotatable bonds is 5. The van der Waals surface area contributed by atoms with Crippen LogP contribution in [0, 0.1) is 0 Å². The third-order valence-electron chi connectivity index (χ3n) is 2.59. The molecule has 0 fully saturated rings. The number of benzene rings is 2. The predicted octanol–water partition coefficient (Wildman–Crippen LogP) is 2.95. The van der Waals surface area contributed by atoms with Gasteiger partial charge in [-0.25, -0.2) is 10.2 Å². The fourth-order valence-corrected chi connectivity index (χ4v) is 1.58. The first-order valence-electron chi connectivity index (χ1n) is 6.14. The molecular formula is C15H16N2O3. The van der Waals surface area contributed by atoms with Crippen molar-refractivity contribution in [2.45, 2.75) is 6.61 Å². The lowest BCUT2D eigenvalue weighted by atomic mass is 10.2. The molecule has 0 aromatic heterocycles. The summed E-state index contributed by atoms with van der Waals surface area (Å²) in [6.45, 7) is 0.229. The molecule has 5 heteroatoms. The first-order chi connectivity index (χ1) is 9.78. The number of methoxy groups -OCH3 is 1. The molecule has 2 aromatic carbocycles. The van der Waals surface area contributed by atoms with E-state index in [-0.39, 0.29) is 6.61 Å². The largest absolute Gasteiger partial charge is 0.497 e. The van der Waals surface area contributed by atoms with Crippen molar-refractivity contribution in [2.24, 2.45) is 0 Å². The summed E-state index contributed by atoms with van der Waals surface area (Å²) >= 11 is 0. The molecule has 2 aromatic rings. The van der Waals surface area contributed by atoms with Crippen molar-refractivity contribution >= 4 is 11.8 Å². The molecule has 0 saturated heterocycles. The van der Waals surface area contributed by atoms with Crippen molar-refractivity contribution in [3.05, 3.63) is 60.2 Å². The van der Waals surface area contributed by atoms with E-state index in [2.05, 4.69) is 10.9 Å². The molecule has 1 amide bonds. The molecule has 0 spiro atoms. The van der Waals surface area contributed by atoms with Gasteiger partial charge in [0.25, 0.3) is 0 Å². The number of hydrogen-bond donors (Lipinski definition) is 2. The third-order valence-corrected chi connectivity index (χ3v) is 2.59. The molecule has 104 valence electrons. The summed E-state index contributed by atoms with van der Waals surface area (Å²) in [5.41, 5.74) is 6.85. The van der Waals surface area contributed by atoms with Crippen molar-refractivity contribution in [3.8, 4) is 5.75 Å². The molecule has 0 aliphatic heterocycles. The number of anilines is 1. The average molecular weight is 272 g/mol. The molecule has 2 N–H and O–H groups in total. The van der Waals surface area contributed by atoms with E-state index in [1.807, 2.05) is 42.5 Å². The van der Waals surface area contributed by atoms with Gasteiger partial charge in [-0.3, -0.25) is 5.43 Å². The highest BCUT2D eigenvalue weighted by Crippen LogP contribution is 2.15. The highest BCUT2D eigenvalue weighted by molar-refractivity contribution is 5.69. The zero-order chi connectivity index (χ0) is 14.2. The van der Waals surface area contributed by atoms with Gasteiger partial charge in [-0.15, -0.1) is 0 Å². The van der Waals surface area contributed by atoms with Gasteiger partial charge in [-0.1, -0.05) is 36.4 Å². The minimum absolute atomic E-state index is 0.229. The SMILES string of the molecule is COc1cccc(NNC(=O)OCc2ccccc2)c1. The molecule has 0 aliphatic carbocycles. The van der Waals surface area contributed by atoms with E-state index in [1.165, 1.54) is 0 Å². The quantitative estimate of drug-likeness (QED) is 0.822. The molecule has 0 bridgehead atoms. The molecule has 0 atom stereocenters. The van der Waals surface area contributed by atoms with Crippen LogP contribution in [-0.2, 0) is 11.3 Å². The van der Waals surface area contributed by atoms with Gasteiger partial charge in [0, 0.05) is 6.07 Å². The van der Waals surface area contributed by atoms with Crippen molar-refractivity contribution in [1.82, 2.24) is 5.43 Å². The molecule has 0 heterocycles. The van der Waals surface area contributed by atoms with Crippen molar-refractivity contribution in [2.75, 3.05) is 12.5 Å². The molecule has 0 aliphatic rings. The fraction of sp³-hybridized carbons (Fsp3) is 0.133. The topological polar surface area (TPSA) is 59.6 Å². The standard InChI is InChI=1S/C15H16N2O3/c1-19-14-9-5-8-13(10-14)16-17-15(18)20-11-12-6-3-2-4-7-12/h2-10,16H,11H2,1H3,(H,17,18). The summed E-state index contributed by atoms with van der Waals surface area (Å²) in [7, 11) is 1.58. The van der Waals surface area contributed by atoms with Gasteiger partial charge in [0.1, 0.15) is 12.4 Å². The number of carbonyl (C=O) groups is 1. The van der Waals surface area contributed by atoms with E-state index in [9.17, 15) is 4.79 Å². The monoisotopic (exact) mass is 272 g/mol. The normalized spacial score (nSPS) is 9.65. The lowest BCUT2D eigenvalue weighted by Gasteiger charge is -2.10. The third kappa shape index (κ3) is 4.20. The van der Waals surface area contributed by atoms with Gasteiger partial charge < -0.3 is 9.47 Å². The van der Waals surface area contributed by atoms with Crippen LogP contribution in [0.2, 0.25) is 0 Å². The van der Waals surface area contributed by atoms with Gasteiger partial charge in [-0.05, 0) is 17.7 Å². The molecular weight excluding hydrogens is 256 g/mol. The number of hydrogen-bond acceptors (Lipinski definition) is 4. The van der Waals surface area contributed by atoms with Crippen LogP contribution in [0.5, 0.6) is 5.75 Å². The Hall–Kier alpha value is -2.69. The zero-order valence-electron chi connectivity index (χ0n) is 11.1. The molecule has 20 heavy (non-hydrogen) atoms. The smallest absolute Gasteiger partial charge is 0.426 e. The summed E-state index contributed by atoms with van der Waals surface area (Å²) in [5, 5.41) is 0. The lowest BCUT2D eigenvalue weighted by molar-refractivity contribution is 0.142. The van der Waals surface area contributed by atoms with Gasteiger partial charge >= 0.3 is 6.09 Å². The summed E-state index contributed by atoms with van der Waals surface area (Å²) in [4.78, 5) is 11.5. The minimum Gasteiger partial charge on any atom is -0.497 e. The minimum atomic E-state index is -0.545. The Morgan fingerprint density at radius 1 is 1.10 bits per heavy atom. The predicted molar refractivity (Wildman–Crippen MR) is 76.4 cm³/mol. The van der Waals surface area contributed by atoms with Crippen LogP contribution < -0.4 is 15.6 Å². The van der Waals surface area contributed by atoms with Crippen molar-refractivity contribution in [1.29, 1.82) is 0 Å². The first-order valence-corrected chi connectivity index (χ1v) is 6.14. The maximum atomic E-state index is 11.5. The number of carbonyl (C=O) groups excluding carboxylic acids is 1. The van der Waals surface area contributed by atoms with Crippen LogP contribution in [0.1, 0.15) is 5.56 Å². The molecule has 0 saturated carbocycles. The summed E-state index contributed by atoms with van der Waals surface area (Å²) in [6.07, 6.45) is -0.545. The van der Waals surface area contributed by atoms with E-state index in [0.717, 1.165) is 5.56 Å². The Bertz CT molecular complexity index is 558. The Labute approximate surface area is 117 Å². The highest BCUT2D eigenvalue weighted by Gasteiger charge is 2.02. The van der Waals surface area contributed by atoms with Gasteiger partial charge in [0.2, 0.25) is 0 Å². The van der Waals surface area contributed by atoms with Crippen LogP contribution in [0.15, 0.2) is 54.6 Å². The number of amides is 1. The van der Waals surface area contributed by atoms with Crippen LogP contribution in [0.3, 0.4) is 0 Å². The fourth-order valence-electron chi connectivity index (χ4n) is 1.58. The van der Waals surface area contributed by atoms with E-state index in [4.69, 9.17) is 9.47 Å². The second-order valence-corrected chi connectivity index (χ2v) is 4.04. The Kier molecular flexibility index (Phi) is 4.83. The van der Waals surface area contributed by atoms with Crippen LogP contribution in [0.25, 0.3) is 0 Å². The summed E-state index contributed by atoms with van der Waals surface area (Å²) in [6, 6.07) is 16.7. The molecule has 0 radical (unpaired) electrons. The first kappa shape index (κ1) is 13.7. The Balaban J connectivity index is 1.77. The van der Waals surface area contributed by atoms with E-state index in [1.54, 1.807) is 19.2 Å². The lowest BCUT2D eigenvalue weighted by Crippen LogP contribution is -2.29. The Morgan fingerprint density at radius 2 is 1.90 bits per heavy atom. The van der Waals surface area contributed by atoms with E-state index >= 15 is 0 Å². The van der Waals surface area contributed by atoms with Gasteiger partial charge in [-0.2, -0.15) is 0 Å². The molecule has 0 unspecified atom stereocenters. The average Bonchev–Trinajstić information content (AvgIpc) is 2.52. The molecule has 5 nitrogen and oxygen atoms in total. The number of nitrogens with one attached hydrogen (secondary N) is 2. The maximum Gasteiger partial charge on any atom is 0.426 e. The summed E-state index contributed by atoms with van der Waals surface area (Å²) < 4.78 is 10.1. The van der Waals surface area contributed by atoms with E-state index in [0.29, 0.717) is 11.4 Å². The van der Waals surface area contributed by atoms with Crippen molar-refractivity contribution < 1.29 is 14.3 Å². The van der Waals surface area contributed by atoms with Crippen molar-refractivity contribution in [3.63, 3.8) is 0 Å². The van der Waals surface area contributed by atoms with Crippen LogP contribution >= 0.6 is 0 Å². The number of hydrazine groups is 1. The molecule has 2 rings (SSSR count). The van der Waals surface area contributed by atoms with Crippen LogP contribution in [-0.4, -0.2) is 13.2 Å².